The number of hydrogen-bond donors (Lipinski definition) is 0. The van der Waals surface area contributed by atoms with E-state index in [1.165, 1.54) is 11.1 Å². The predicted molar refractivity (Wildman–Crippen MR) is 64.2 cm³/mol. The third-order valence-electron chi connectivity index (χ3n) is 2.24. The van der Waals surface area contributed by atoms with Crippen molar-refractivity contribution in [2.45, 2.75) is 26.7 Å². The first kappa shape index (κ1) is 10.8. The molecule has 0 heteroatoms. The van der Waals surface area contributed by atoms with E-state index in [4.69, 9.17) is 0 Å². The molecule has 0 bridgehead atoms. The zero-order valence-electron chi connectivity index (χ0n) is 9.09. The summed E-state index contributed by atoms with van der Waals surface area (Å²) in [6.07, 6.45) is 15.0. The van der Waals surface area contributed by atoms with Crippen molar-refractivity contribution in [3.8, 4) is 0 Å². The van der Waals surface area contributed by atoms with Crippen LogP contribution in [0.1, 0.15) is 26.7 Å². The van der Waals surface area contributed by atoms with Gasteiger partial charge in [-0.15, -0.1) is 0 Å². The minimum Gasteiger partial charge on any atom is -0.0961 e. The highest BCUT2D eigenvalue weighted by Gasteiger charge is 1.99. The summed E-state index contributed by atoms with van der Waals surface area (Å²) in [5.41, 5.74) is 3.94. The summed E-state index contributed by atoms with van der Waals surface area (Å²) in [4.78, 5) is 0. The Balaban J connectivity index is 2.84. The molecule has 0 radical (unpaired) electrons. The molecule has 0 aromatic carbocycles. The van der Waals surface area contributed by atoms with Gasteiger partial charge < -0.3 is 0 Å². The SMILES string of the molecule is C=C(C)/C=C\C(CC)=C1\C=CC=CC1. The summed E-state index contributed by atoms with van der Waals surface area (Å²) in [7, 11) is 0. The maximum absolute atomic E-state index is 3.87. The first-order chi connectivity index (χ1) is 6.74. The number of rotatable bonds is 3. The van der Waals surface area contributed by atoms with E-state index in [-0.39, 0.29) is 0 Å². The Morgan fingerprint density at radius 2 is 2.21 bits per heavy atom. The lowest BCUT2D eigenvalue weighted by Crippen LogP contribution is -1.87. The fourth-order valence-electron chi connectivity index (χ4n) is 1.45. The molecule has 0 N–H and O–H groups in total. The lowest BCUT2D eigenvalue weighted by molar-refractivity contribution is 1.08. The van der Waals surface area contributed by atoms with E-state index < -0.39 is 0 Å². The minimum atomic E-state index is 1.06. The second-order valence-electron chi connectivity index (χ2n) is 3.58. The summed E-state index contributed by atoms with van der Waals surface area (Å²) >= 11 is 0. The zero-order valence-corrected chi connectivity index (χ0v) is 9.09. The van der Waals surface area contributed by atoms with E-state index in [2.05, 4.69) is 50.0 Å². The first-order valence-corrected chi connectivity index (χ1v) is 5.13. The summed E-state index contributed by atoms with van der Waals surface area (Å²) in [5.74, 6) is 0. The fraction of sp³-hybridized carbons (Fsp3) is 0.286. The normalized spacial score (nSPS) is 19.0. The van der Waals surface area contributed by atoms with Gasteiger partial charge in [-0.1, -0.05) is 55.5 Å². The van der Waals surface area contributed by atoms with Gasteiger partial charge in [0.2, 0.25) is 0 Å². The molecule has 14 heavy (non-hydrogen) atoms. The van der Waals surface area contributed by atoms with Crippen LogP contribution in [-0.4, -0.2) is 0 Å². The van der Waals surface area contributed by atoms with E-state index >= 15 is 0 Å². The first-order valence-electron chi connectivity index (χ1n) is 5.13. The smallest absolute Gasteiger partial charge is 0.00916 e. The maximum Gasteiger partial charge on any atom is -0.00916 e. The largest absolute Gasteiger partial charge is 0.0961 e. The molecule has 1 aliphatic rings. The Labute approximate surface area is 87.0 Å². The third-order valence-corrected chi connectivity index (χ3v) is 2.24. The molecule has 74 valence electrons. The van der Waals surface area contributed by atoms with Crippen LogP contribution in [0.2, 0.25) is 0 Å². The van der Waals surface area contributed by atoms with Crippen LogP contribution < -0.4 is 0 Å². The Kier molecular flexibility index (Phi) is 4.18. The summed E-state index contributed by atoms with van der Waals surface area (Å²) in [6.45, 7) is 8.08. The Morgan fingerprint density at radius 3 is 2.71 bits per heavy atom. The van der Waals surface area contributed by atoms with Crippen LogP contribution in [0.3, 0.4) is 0 Å². The average molecular weight is 186 g/mol. The molecule has 0 saturated heterocycles. The zero-order chi connectivity index (χ0) is 10.4. The van der Waals surface area contributed by atoms with Crippen LogP contribution in [0.4, 0.5) is 0 Å². The van der Waals surface area contributed by atoms with Gasteiger partial charge in [-0.05, 0) is 30.9 Å². The predicted octanol–water partition coefficient (Wildman–Crippen LogP) is 4.34. The molecular formula is C14H18. The van der Waals surface area contributed by atoms with Gasteiger partial charge in [-0.25, -0.2) is 0 Å². The van der Waals surface area contributed by atoms with E-state index in [0.717, 1.165) is 18.4 Å². The van der Waals surface area contributed by atoms with Crippen LogP contribution >= 0.6 is 0 Å². The minimum absolute atomic E-state index is 1.06. The van der Waals surface area contributed by atoms with Crippen LogP contribution in [0.25, 0.3) is 0 Å². The summed E-state index contributed by atoms with van der Waals surface area (Å²) in [6, 6.07) is 0. The Morgan fingerprint density at radius 1 is 1.43 bits per heavy atom. The quantitative estimate of drug-likeness (QED) is 0.575. The van der Waals surface area contributed by atoms with E-state index in [1.807, 2.05) is 6.92 Å². The number of hydrogen-bond acceptors (Lipinski definition) is 0. The lowest BCUT2D eigenvalue weighted by Gasteiger charge is -2.07. The van der Waals surface area contributed by atoms with E-state index in [9.17, 15) is 0 Å². The monoisotopic (exact) mass is 186 g/mol. The van der Waals surface area contributed by atoms with Crippen LogP contribution in [0.5, 0.6) is 0 Å². The average Bonchev–Trinajstić information content (AvgIpc) is 2.20. The van der Waals surface area contributed by atoms with Crippen molar-refractivity contribution in [2.75, 3.05) is 0 Å². The molecule has 0 aromatic rings. The number of allylic oxidation sites excluding steroid dienone is 9. The van der Waals surface area contributed by atoms with Crippen molar-refractivity contribution in [1.82, 2.24) is 0 Å². The molecular weight excluding hydrogens is 168 g/mol. The highest BCUT2D eigenvalue weighted by atomic mass is 14.0. The standard InChI is InChI=1S/C14H18/c1-4-13(11-10-12(2)3)14-8-6-5-7-9-14/h5-8,10-11H,2,4,9H2,1,3H3/b11-10-,14-13-. The summed E-state index contributed by atoms with van der Waals surface area (Å²) < 4.78 is 0. The maximum atomic E-state index is 3.87. The fourth-order valence-corrected chi connectivity index (χ4v) is 1.45. The van der Waals surface area contributed by atoms with Gasteiger partial charge in [-0.3, -0.25) is 0 Å². The summed E-state index contributed by atoms with van der Waals surface area (Å²) in [5, 5.41) is 0. The van der Waals surface area contributed by atoms with Crippen molar-refractivity contribution in [2.24, 2.45) is 0 Å². The molecule has 0 nitrogen and oxygen atoms in total. The second-order valence-corrected chi connectivity index (χ2v) is 3.58. The molecule has 0 aromatic heterocycles. The molecule has 0 unspecified atom stereocenters. The molecule has 0 aliphatic heterocycles. The molecule has 1 rings (SSSR count). The molecule has 0 atom stereocenters. The third kappa shape index (κ3) is 3.21. The molecule has 0 saturated carbocycles. The second kappa shape index (κ2) is 5.43. The van der Waals surface area contributed by atoms with Gasteiger partial charge in [0.1, 0.15) is 0 Å². The van der Waals surface area contributed by atoms with E-state index in [0.29, 0.717) is 0 Å². The molecule has 0 heterocycles. The van der Waals surface area contributed by atoms with Gasteiger partial charge in [0, 0.05) is 0 Å². The molecule has 0 fully saturated rings. The lowest BCUT2D eigenvalue weighted by atomic mass is 9.98. The Bertz CT molecular complexity index is 322. The highest BCUT2D eigenvalue weighted by Crippen LogP contribution is 2.19. The molecule has 0 amide bonds. The van der Waals surface area contributed by atoms with Crippen molar-refractivity contribution < 1.29 is 0 Å². The topological polar surface area (TPSA) is 0 Å². The van der Waals surface area contributed by atoms with Gasteiger partial charge in [0.25, 0.3) is 0 Å². The highest BCUT2D eigenvalue weighted by molar-refractivity contribution is 5.39. The Hall–Kier alpha value is -1.30. The van der Waals surface area contributed by atoms with Crippen LogP contribution in [-0.2, 0) is 0 Å². The molecule has 0 spiro atoms. The van der Waals surface area contributed by atoms with Crippen LogP contribution in [0.15, 0.2) is 59.8 Å². The van der Waals surface area contributed by atoms with Gasteiger partial charge >= 0.3 is 0 Å². The van der Waals surface area contributed by atoms with Gasteiger partial charge in [-0.2, -0.15) is 0 Å². The van der Waals surface area contributed by atoms with Crippen LogP contribution in [0, 0.1) is 0 Å². The van der Waals surface area contributed by atoms with Crippen molar-refractivity contribution >= 4 is 0 Å². The van der Waals surface area contributed by atoms with Crippen molar-refractivity contribution in [3.05, 3.63) is 59.8 Å². The van der Waals surface area contributed by atoms with E-state index in [1.54, 1.807) is 0 Å². The van der Waals surface area contributed by atoms with Gasteiger partial charge in [0.05, 0.1) is 0 Å². The molecule has 1 aliphatic carbocycles. The van der Waals surface area contributed by atoms with Gasteiger partial charge in [0.15, 0.2) is 0 Å². The van der Waals surface area contributed by atoms with Crippen molar-refractivity contribution in [3.63, 3.8) is 0 Å². The van der Waals surface area contributed by atoms with Crippen molar-refractivity contribution in [1.29, 1.82) is 0 Å².